The molecule has 1 N–H and O–H groups in total. The van der Waals surface area contributed by atoms with Gasteiger partial charge in [0.15, 0.2) is 0 Å². The van der Waals surface area contributed by atoms with Gasteiger partial charge in [-0.3, -0.25) is 4.79 Å². The number of carboxylic acids is 1. The molecule has 1 heterocycles. The lowest BCUT2D eigenvalue weighted by Crippen LogP contribution is -2.38. The summed E-state index contributed by atoms with van der Waals surface area (Å²) in [5, 5.41) is 8.64. The molecule has 0 aromatic carbocycles. The largest absolute Gasteiger partial charge is 0.481 e. The first-order chi connectivity index (χ1) is 8.25. The van der Waals surface area contributed by atoms with Crippen LogP contribution in [0.4, 0.5) is 0 Å². The molecular formula is C10H14ClNO4S2. The Labute approximate surface area is 115 Å². The van der Waals surface area contributed by atoms with Crippen molar-refractivity contribution in [3.05, 3.63) is 16.5 Å². The molecule has 102 valence electrons. The molecule has 0 bridgehead atoms. The molecule has 5 nitrogen and oxygen atoms in total. The van der Waals surface area contributed by atoms with Crippen molar-refractivity contribution in [1.29, 1.82) is 0 Å². The quantitative estimate of drug-likeness (QED) is 0.874. The van der Waals surface area contributed by atoms with Gasteiger partial charge in [-0.05, 0) is 26.0 Å². The predicted octanol–water partition coefficient (Wildman–Crippen LogP) is 2.28. The molecule has 1 rings (SSSR count). The zero-order valence-electron chi connectivity index (χ0n) is 9.96. The number of thiophene rings is 1. The molecule has 8 heteroatoms. The second-order valence-electron chi connectivity index (χ2n) is 3.91. The predicted molar refractivity (Wildman–Crippen MR) is 70.6 cm³/mol. The number of hydrogen-bond donors (Lipinski definition) is 1. The molecule has 0 spiro atoms. The summed E-state index contributed by atoms with van der Waals surface area (Å²) in [5.74, 6) is -1.03. The van der Waals surface area contributed by atoms with Crippen LogP contribution in [0, 0.1) is 0 Å². The van der Waals surface area contributed by atoms with E-state index in [1.807, 2.05) is 0 Å². The van der Waals surface area contributed by atoms with Gasteiger partial charge in [-0.25, -0.2) is 8.42 Å². The third-order valence-electron chi connectivity index (χ3n) is 2.23. The van der Waals surface area contributed by atoms with E-state index in [9.17, 15) is 13.2 Å². The molecule has 0 fully saturated rings. The number of aliphatic carboxylic acids is 1. The molecule has 0 saturated carbocycles. The number of sulfonamides is 1. The fourth-order valence-corrected chi connectivity index (χ4v) is 4.66. The van der Waals surface area contributed by atoms with Gasteiger partial charge in [0.2, 0.25) is 0 Å². The van der Waals surface area contributed by atoms with Crippen molar-refractivity contribution in [3.8, 4) is 0 Å². The Balaban J connectivity index is 3.01. The summed E-state index contributed by atoms with van der Waals surface area (Å²) in [4.78, 5) is 10.6. The van der Waals surface area contributed by atoms with Gasteiger partial charge in [0.1, 0.15) is 4.21 Å². The highest BCUT2D eigenvalue weighted by Gasteiger charge is 2.28. The van der Waals surface area contributed by atoms with E-state index in [1.165, 1.54) is 16.4 Å². The summed E-state index contributed by atoms with van der Waals surface area (Å²) in [6, 6.07) is 2.63. The zero-order chi connectivity index (χ0) is 13.9. The Morgan fingerprint density at radius 3 is 2.50 bits per heavy atom. The van der Waals surface area contributed by atoms with E-state index in [-0.39, 0.29) is 23.2 Å². The lowest BCUT2D eigenvalue weighted by atomic mass is 10.3. The Kier molecular flexibility index (Phi) is 5.15. The van der Waals surface area contributed by atoms with Gasteiger partial charge < -0.3 is 5.11 Å². The van der Waals surface area contributed by atoms with Crippen molar-refractivity contribution in [1.82, 2.24) is 4.31 Å². The molecule has 0 aliphatic carbocycles. The summed E-state index contributed by atoms with van der Waals surface area (Å²) in [7, 11) is -3.67. The number of carboxylic acid groups (broad SMARTS) is 1. The van der Waals surface area contributed by atoms with Gasteiger partial charge in [-0.1, -0.05) is 11.6 Å². The van der Waals surface area contributed by atoms with Gasteiger partial charge in [-0.15, -0.1) is 11.3 Å². The lowest BCUT2D eigenvalue weighted by Gasteiger charge is -2.24. The van der Waals surface area contributed by atoms with Crippen molar-refractivity contribution in [2.24, 2.45) is 0 Å². The number of hydrogen-bond acceptors (Lipinski definition) is 4. The number of halogens is 1. The van der Waals surface area contributed by atoms with Crippen LogP contribution in [0.5, 0.6) is 0 Å². The third-order valence-corrected chi connectivity index (χ3v) is 6.01. The molecule has 0 unspecified atom stereocenters. The van der Waals surface area contributed by atoms with Gasteiger partial charge >= 0.3 is 5.97 Å². The summed E-state index contributed by atoms with van der Waals surface area (Å²) in [6.07, 6.45) is -0.226. The summed E-state index contributed by atoms with van der Waals surface area (Å²) >= 11 is 6.68. The normalized spacial score (nSPS) is 12.3. The molecule has 1 aromatic rings. The van der Waals surface area contributed by atoms with Crippen LogP contribution in [0.15, 0.2) is 16.3 Å². The van der Waals surface area contributed by atoms with Crippen molar-refractivity contribution in [2.75, 3.05) is 6.54 Å². The van der Waals surface area contributed by atoms with E-state index >= 15 is 0 Å². The van der Waals surface area contributed by atoms with E-state index in [0.29, 0.717) is 4.34 Å². The first-order valence-electron chi connectivity index (χ1n) is 5.24. The number of nitrogens with zero attached hydrogens (tertiary/aromatic N) is 1. The van der Waals surface area contributed by atoms with E-state index in [4.69, 9.17) is 16.7 Å². The van der Waals surface area contributed by atoms with Crippen molar-refractivity contribution < 1.29 is 18.3 Å². The maximum atomic E-state index is 12.3. The number of carbonyl (C=O) groups is 1. The first-order valence-corrected chi connectivity index (χ1v) is 7.87. The Hall–Kier alpha value is -0.630. The van der Waals surface area contributed by atoms with Crippen LogP contribution in [-0.2, 0) is 14.8 Å². The van der Waals surface area contributed by atoms with Gasteiger partial charge in [0, 0.05) is 12.6 Å². The highest BCUT2D eigenvalue weighted by Crippen LogP contribution is 2.29. The molecule has 18 heavy (non-hydrogen) atoms. The standard InChI is InChI=1S/C10H14ClNO4S2/c1-7(2)12(6-5-9(13)14)18(15,16)10-4-3-8(11)17-10/h3-4,7H,5-6H2,1-2H3,(H,13,14). The monoisotopic (exact) mass is 311 g/mol. The second-order valence-corrected chi connectivity index (χ2v) is 7.74. The van der Waals surface area contributed by atoms with Crippen LogP contribution in [-0.4, -0.2) is 36.4 Å². The number of rotatable bonds is 6. The summed E-state index contributed by atoms with van der Waals surface area (Å²) in [5.41, 5.74) is 0. The molecule has 0 aliphatic heterocycles. The molecule has 1 aromatic heterocycles. The van der Waals surface area contributed by atoms with E-state index < -0.39 is 16.0 Å². The van der Waals surface area contributed by atoms with Crippen molar-refractivity contribution in [2.45, 2.75) is 30.5 Å². The first kappa shape index (κ1) is 15.4. The summed E-state index contributed by atoms with van der Waals surface area (Å²) < 4.78 is 26.3. The minimum Gasteiger partial charge on any atom is -0.481 e. The SMILES string of the molecule is CC(C)N(CCC(=O)O)S(=O)(=O)c1ccc(Cl)s1. The third kappa shape index (κ3) is 3.68. The average Bonchev–Trinajstić information content (AvgIpc) is 2.64. The second kappa shape index (κ2) is 6.01. The highest BCUT2D eigenvalue weighted by atomic mass is 35.5. The van der Waals surface area contributed by atoms with Gasteiger partial charge in [0.25, 0.3) is 10.0 Å². The fourth-order valence-electron chi connectivity index (χ4n) is 1.41. The Morgan fingerprint density at radius 1 is 1.50 bits per heavy atom. The van der Waals surface area contributed by atoms with Crippen LogP contribution >= 0.6 is 22.9 Å². The maximum Gasteiger partial charge on any atom is 0.304 e. The van der Waals surface area contributed by atoms with Crippen molar-refractivity contribution in [3.63, 3.8) is 0 Å². The summed E-state index contributed by atoms with van der Waals surface area (Å²) in [6.45, 7) is 3.36. The minimum atomic E-state index is -3.67. The minimum absolute atomic E-state index is 0.0507. The van der Waals surface area contributed by atoms with Crippen LogP contribution in [0.2, 0.25) is 4.34 Å². The van der Waals surface area contributed by atoms with Crippen LogP contribution in [0.25, 0.3) is 0 Å². The van der Waals surface area contributed by atoms with E-state index in [1.54, 1.807) is 13.8 Å². The molecule has 0 radical (unpaired) electrons. The van der Waals surface area contributed by atoms with Gasteiger partial charge in [0.05, 0.1) is 10.8 Å². The Morgan fingerprint density at radius 2 is 2.11 bits per heavy atom. The molecular weight excluding hydrogens is 298 g/mol. The fraction of sp³-hybridized carbons (Fsp3) is 0.500. The van der Waals surface area contributed by atoms with Crippen LogP contribution < -0.4 is 0 Å². The average molecular weight is 312 g/mol. The van der Waals surface area contributed by atoms with Crippen LogP contribution in [0.3, 0.4) is 0 Å². The van der Waals surface area contributed by atoms with Gasteiger partial charge in [-0.2, -0.15) is 4.31 Å². The molecule has 0 amide bonds. The van der Waals surface area contributed by atoms with E-state index in [0.717, 1.165) is 11.3 Å². The van der Waals surface area contributed by atoms with Crippen molar-refractivity contribution >= 4 is 38.9 Å². The molecule has 0 atom stereocenters. The highest BCUT2D eigenvalue weighted by molar-refractivity contribution is 7.91. The van der Waals surface area contributed by atoms with Crippen LogP contribution in [0.1, 0.15) is 20.3 Å². The topological polar surface area (TPSA) is 74.7 Å². The van der Waals surface area contributed by atoms with E-state index in [2.05, 4.69) is 0 Å². The zero-order valence-corrected chi connectivity index (χ0v) is 12.3. The molecule has 0 aliphatic rings. The Bertz CT molecular complexity index is 524. The lowest BCUT2D eigenvalue weighted by molar-refractivity contribution is -0.137. The maximum absolute atomic E-state index is 12.3. The smallest absolute Gasteiger partial charge is 0.304 e. The molecule has 0 saturated heterocycles.